The first kappa shape index (κ1) is 11.4. The molecule has 2 aliphatic rings. The van der Waals surface area contributed by atoms with E-state index in [4.69, 9.17) is 0 Å². The first-order valence-corrected chi connectivity index (χ1v) is 6.72. The van der Waals surface area contributed by atoms with Crippen LogP contribution in [0.3, 0.4) is 0 Å². The average molecular weight is 211 g/mol. The normalized spacial score (nSPS) is 27.0. The number of hydrogen-bond donors (Lipinski definition) is 2. The van der Waals surface area contributed by atoms with E-state index >= 15 is 0 Å². The van der Waals surface area contributed by atoms with Gasteiger partial charge in [0.1, 0.15) is 0 Å². The molecule has 15 heavy (non-hydrogen) atoms. The van der Waals surface area contributed by atoms with Crippen molar-refractivity contribution in [1.29, 1.82) is 0 Å². The lowest BCUT2D eigenvalue weighted by molar-refractivity contribution is 0.00438. The van der Waals surface area contributed by atoms with E-state index < -0.39 is 0 Å². The first-order valence-electron chi connectivity index (χ1n) is 6.72. The van der Waals surface area contributed by atoms with Crippen molar-refractivity contribution >= 4 is 0 Å². The molecule has 0 aromatic rings. The van der Waals surface area contributed by atoms with Gasteiger partial charge in [0.25, 0.3) is 0 Å². The zero-order valence-electron chi connectivity index (χ0n) is 9.80. The van der Waals surface area contributed by atoms with Crippen LogP contribution in [0.15, 0.2) is 0 Å². The summed E-state index contributed by atoms with van der Waals surface area (Å²) in [6, 6.07) is 0. The third kappa shape index (κ3) is 3.46. The minimum absolute atomic E-state index is 0.378. The molecule has 2 rings (SSSR count). The number of rotatable bonds is 4. The quantitative estimate of drug-likeness (QED) is 0.748. The lowest BCUT2D eigenvalue weighted by atomic mass is 9.85. The van der Waals surface area contributed by atoms with Crippen molar-refractivity contribution in [2.45, 2.75) is 63.4 Å². The predicted octanol–water partition coefficient (Wildman–Crippen LogP) is 2.46. The highest BCUT2D eigenvalue weighted by atomic mass is 16.3. The molecule has 2 fully saturated rings. The Morgan fingerprint density at radius 1 is 1.00 bits per heavy atom. The largest absolute Gasteiger partial charge is 0.389 e. The molecule has 0 heterocycles. The molecular formula is C13H25NO. The minimum Gasteiger partial charge on any atom is -0.389 e. The van der Waals surface area contributed by atoms with Gasteiger partial charge in [0.2, 0.25) is 0 Å². The fourth-order valence-corrected chi connectivity index (χ4v) is 3.11. The molecule has 0 aromatic heterocycles. The van der Waals surface area contributed by atoms with Gasteiger partial charge in [0.05, 0.1) is 5.60 Å². The summed E-state index contributed by atoms with van der Waals surface area (Å²) in [7, 11) is 0. The summed E-state index contributed by atoms with van der Waals surface area (Å²) in [6.07, 6.45) is 11.4. The molecule has 0 spiro atoms. The van der Waals surface area contributed by atoms with Crippen LogP contribution in [-0.2, 0) is 0 Å². The molecule has 2 nitrogen and oxygen atoms in total. The summed E-state index contributed by atoms with van der Waals surface area (Å²) in [6.45, 7) is 1.95. The SMILES string of the molecule is OC1(CNCC2CCCC2)CCCCC1. The van der Waals surface area contributed by atoms with Crippen molar-refractivity contribution in [3.8, 4) is 0 Å². The van der Waals surface area contributed by atoms with E-state index in [-0.39, 0.29) is 5.60 Å². The van der Waals surface area contributed by atoms with E-state index in [1.165, 1.54) is 44.9 Å². The van der Waals surface area contributed by atoms with Crippen molar-refractivity contribution in [2.24, 2.45) is 5.92 Å². The lowest BCUT2D eigenvalue weighted by Crippen LogP contribution is -2.43. The van der Waals surface area contributed by atoms with E-state index in [9.17, 15) is 5.11 Å². The Labute approximate surface area is 93.5 Å². The maximum atomic E-state index is 10.3. The van der Waals surface area contributed by atoms with E-state index in [0.717, 1.165) is 31.8 Å². The van der Waals surface area contributed by atoms with Gasteiger partial charge in [-0.15, -0.1) is 0 Å². The second-order valence-electron chi connectivity index (χ2n) is 5.57. The maximum Gasteiger partial charge on any atom is 0.0771 e. The molecule has 2 aliphatic carbocycles. The highest BCUT2D eigenvalue weighted by molar-refractivity contribution is 4.84. The Morgan fingerprint density at radius 3 is 2.33 bits per heavy atom. The van der Waals surface area contributed by atoms with Gasteiger partial charge < -0.3 is 10.4 Å². The van der Waals surface area contributed by atoms with E-state index in [1.54, 1.807) is 0 Å². The third-order valence-electron chi connectivity index (χ3n) is 4.15. The Bertz CT molecular complexity index is 181. The summed E-state index contributed by atoms with van der Waals surface area (Å²) >= 11 is 0. The van der Waals surface area contributed by atoms with Crippen LogP contribution in [0, 0.1) is 5.92 Å². The summed E-state index contributed by atoms with van der Waals surface area (Å²) in [4.78, 5) is 0. The smallest absolute Gasteiger partial charge is 0.0771 e. The van der Waals surface area contributed by atoms with Crippen LogP contribution in [0.2, 0.25) is 0 Å². The number of nitrogens with one attached hydrogen (secondary N) is 1. The third-order valence-corrected chi connectivity index (χ3v) is 4.15. The van der Waals surface area contributed by atoms with Crippen molar-refractivity contribution in [3.05, 3.63) is 0 Å². The Kier molecular flexibility index (Phi) is 4.04. The second-order valence-corrected chi connectivity index (χ2v) is 5.57. The summed E-state index contributed by atoms with van der Waals surface area (Å²) in [5, 5.41) is 13.8. The maximum absolute atomic E-state index is 10.3. The zero-order valence-corrected chi connectivity index (χ0v) is 9.80. The highest BCUT2D eigenvalue weighted by Gasteiger charge is 2.28. The van der Waals surface area contributed by atoms with Crippen LogP contribution < -0.4 is 5.32 Å². The first-order chi connectivity index (χ1) is 7.29. The standard InChI is InChI=1S/C13H25NO/c15-13(8-4-1-5-9-13)11-14-10-12-6-2-3-7-12/h12,14-15H,1-11H2. The average Bonchev–Trinajstić information content (AvgIpc) is 2.71. The Balaban J connectivity index is 1.63. The van der Waals surface area contributed by atoms with Crippen molar-refractivity contribution < 1.29 is 5.11 Å². The number of hydrogen-bond acceptors (Lipinski definition) is 2. The molecular weight excluding hydrogens is 186 g/mol. The monoisotopic (exact) mass is 211 g/mol. The van der Waals surface area contributed by atoms with Gasteiger partial charge in [0, 0.05) is 6.54 Å². The summed E-state index contributed by atoms with van der Waals surface area (Å²) in [5.41, 5.74) is -0.378. The predicted molar refractivity (Wildman–Crippen MR) is 62.9 cm³/mol. The van der Waals surface area contributed by atoms with Crippen LogP contribution in [0.4, 0.5) is 0 Å². The van der Waals surface area contributed by atoms with Gasteiger partial charge in [-0.2, -0.15) is 0 Å². The van der Waals surface area contributed by atoms with Gasteiger partial charge in [-0.1, -0.05) is 32.1 Å². The van der Waals surface area contributed by atoms with Crippen molar-refractivity contribution in [1.82, 2.24) is 5.32 Å². The van der Waals surface area contributed by atoms with Crippen molar-refractivity contribution in [2.75, 3.05) is 13.1 Å². The van der Waals surface area contributed by atoms with Crippen LogP contribution in [-0.4, -0.2) is 23.8 Å². The lowest BCUT2D eigenvalue weighted by Gasteiger charge is -2.32. The topological polar surface area (TPSA) is 32.3 Å². The van der Waals surface area contributed by atoms with Crippen LogP contribution in [0.1, 0.15) is 57.8 Å². The summed E-state index contributed by atoms with van der Waals surface area (Å²) in [5.74, 6) is 0.886. The fraction of sp³-hybridized carbons (Fsp3) is 1.00. The van der Waals surface area contributed by atoms with Crippen LogP contribution >= 0.6 is 0 Å². The molecule has 0 bridgehead atoms. The molecule has 2 N–H and O–H groups in total. The Hall–Kier alpha value is -0.0800. The number of aliphatic hydroxyl groups is 1. The Morgan fingerprint density at radius 2 is 1.67 bits per heavy atom. The van der Waals surface area contributed by atoms with Gasteiger partial charge >= 0.3 is 0 Å². The molecule has 0 aromatic carbocycles. The molecule has 0 aliphatic heterocycles. The fourth-order valence-electron chi connectivity index (χ4n) is 3.11. The van der Waals surface area contributed by atoms with Gasteiger partial charge in [0.15, 0.2) is 0 Å². The highest BCUT2D eigenvalue weighted by Crippen LogP contribution is 2.28. The van der Waals surface area contributed by atoms with E-state index in [2.05, 4.69) is 5.32 Å². The van der Waals surface area contributed by atoms with Crippen molar-refractivity contribution in [3.63, 3.8) is 0 Å². The van der Waals surface area contributed by atoms with Gasteiger partial charge in [-0.25, -0.2) is 0 Å². The summed E-state index contributed by atoms with van der Waals surface area (Å²) < 4.78 is 0. The van der Waals surface area contributed by atoms with Gasteiger partial charge in [-0.3, -0.25) is 0 Å². The molecule has 0 atom stereocenters. The van der Waals surface area contributed by atoms with Gasteiger partial charge in [-0.05, 0) is 38.1 Å². The van der Waals surface area contributed by atoms with E-state index in [1.807, 2.05) is 0 Å². The molecule has 0 amide bonds. The molecule has 88 valence electrons. The molecule has 0 saturated heterocycles. The molecule has 0 radical (unpaired) electrons. The van der Waals surface area contributed by atoms with Crippen LogP contribution in [0.5, 0.6) is 0 Å². The van der Waals surface area contributed by atoms with Crippen LogP contribution in [0.25, 0.3) is 0 Å². The molecule has 2 heteroatoms. The zero-order chi connectivity index (χ0) is 10.6. The van der Waals surface area contributed by atoms with E-state index in [0.29, 0.717) is 0 Å². The minimum atomic E-state index is -0.378. The molecule has 0 unspecified atom stereocenters. The second kappa shape index (κ2) is 5.31. The molecule has 2 saturated carbocycles.